The Morgan fingerprint density at radius 3 is 2.48 bits per heavy atom. The molecular formula is C24H17N5. The van der Waals surface area contributed by atoms with Crippen molar-refractivity contribution < 1.29 is 0 Å². The highest BCUT2D eigenvalue weighted by Gasteiger charge is 2.18. The van der Waals surface area contributed by atoms with E-state index in [1.54, 1.807) is 12.4 Å². The van der Waals surface area contributed by atoms with Gasteiger partial charge in [0.25, 0.3) is 0 Å². The minimum atomic E-state index is 0.661. The highest BCUT2D eigenvalue weighted by atomic mass is 15.2. The molecule has 0 aliphatic heterocycles. The van der Waals surface area contributed by atoms with E-state index in [0.29, 0.717) is 5.65 Å². The summed E-state index contributed by atoms with van der Waals surface area (Å²) in [5.41, 5.74) is 8.71. The van der Waals surface area contributed by atoms with Gasteiger partial charge in [-0.3, -0.25) is 4.98 Å². The summed E-state index contributed by atoms with van der Waals surface area (Å²) in [4.78, 5) is 13.9. The van der Waals surface area contributed by atoms with Gasteiger partial charge in [-0.2, -0.15) is 5.10 Å². The van der Waals surface area contributed by atoms with Gasteiger partial charge in [0.1, 0.15) is 5.52 Å². The van der Waals surface area contributed by atoms with Crippen LogP contribution in [-0.4, -0.2) is 24.6 Å². The maximum atomic E-state index is 4.99. The van der Waals surface area contributed by atoms with E-state index >= 15 is 0 Å². The number of rotatable bonds is 1. The molecule has 0 aliphatic rings. The first-order valence-electron chi connectivity index (χ1n) is 9.59. The molecule has 0 saturated carbocycles. The van der Waals surface area contributed by atoms with Crippen molar-refractivity contribution in [2.24, 2.45) is 0 Å². The van der Waals surface area contributed by atoms with E-state index in [2.05, 4.69) is 60.2 Å². The lowest BCUT2D eigenvalue weighted by molar-refractivity contribution is 1.00. The smallest absolute Gasteiger partial charge is 0.179 e. The summed E-state index contributed by atoms with van der Waals surface area (Å²) in [6.45, 7) is 4.18. The van der Waals surface area contributed by atoms with Crippen LogP contribution in [0.2, 0.25) is 0 Å². The SMILES string of the molecule is Cc1ccc2c(c1)c1cc(-c3ccccc3)nn1c1c(C)c3nccnc3nc21. The Bertz CT molecular complexity index is 1570. The zero-order valence-electron chi connectivity index (χ0n) is 16.1. The van der Waals surface area contributed by atoms with Crippen molar-refractivity contribution in [3.8, 4) is 11.3 Å². The van der Waals surface area contributed by atoms with Crippen LogP contribution < -0.4 is 0 Å². The van der Waals surface area contributed by atoms with Crippen LogP contribution >= 0.6 is 0 Å². The first-order chi connectivity index (χ1) is 14.2. The number of hydrogen-bond acceptors (Lipinski definition) is 4. The van der Waals surface area contributed by atoms with Gasteiger partial charge in [0.05, 0.1) is 22.2 Å². The van der Waals surface area contributed by atoms with Gasteiger partial charge in [-0.25, -0.2) is 14.5 Å². The molecule has 5 nitrogen and oxygen atoms in total. The molecule has 4 heterocycles. The summed E-state index contributed by atoms with van der Waals surface area (Å²) in [6.07, 6.45) is 3.40. The van der Waals surface area contributed by atoms with Crippen molar-refractivity contribution in [3.05, 3.63) is 78.1 Å². The topological polar surface area (TPSA) is 56.0 Å². The standard InChI is InChI=1S/C24H17N5/c1-14-8-9-17-18(12-14)20-13-19(16-6-4-3-5-7-16)28-29(20)23-15(2)21-24(27-22(17)23)26-11-10-25-21/h3-13H,1-2H3. The van der Waals surface area contributed by atoms with Gasteiger partial charge in [0, 0.05) is 34.3 Å². The van der Waals surface area contributed by atoms with E-state index < -0.39 is 0 Å². The monoisotopic (exact) mass is 375 g/mol. The van der Waals surface area contributed by atoms with Crippen molar-refractivity contribution in [1.29, 1.82) is 0 Å². The molecule has 6 rings (SSSR count). The molecule has 0 bridgehead atoms. The van der Waals surface area contributed by atoms with E-state index in [1.807, 2.05) is 22.7 Å². The number of benzene rings is 2. The van der Waals surface area contributed by atoms with Gasteiger partial charge in [0.15, 0.2) is 5.65 Å². The van der Waals surface area contributed by atoms with Crippen molar-refractivity contribution in [1.82, 2.24) is 24.6 Å². The Kier molecular flexibility index (Phi) is 3.23. The second-order valence-corrected chi connectivity index (χ2v) is 7.40. The molecule has 0 saturated heterocycles. The van der Waals surface area contributed by atoms with Crippen LogP contribution in [0.4, 0.5) is 0 Å². The summed E-state index contributed by atoms with van der Waals surface area (Å²) in [5, 5.41) is 7.23. The summed E-state index contributed by atoms with van der Waals surface area (Å²) < 4.78 is 2.02. The van der Waals surface area contributed by atoms with Crippen LogP contribution in [0.5, 0.6) is 0 Å². The predicted molar refractivity (Wildman–Crippen MR) is 116 cm³/mol. The normalized spacial score (nSPS) is 11.8. The van der Waals surface area contributed by atoms with Crippen molar-refractivity contribution in [2.75, 3.05) is 0 Å². The van der Waals surface area contributed by atoms with Crippen LogP contribution in [-0.2, 0) is 0 Å². The fraction of sp³-hybridized carbons (Fsp3) is 0.0833. The molecule has 0 N–H and O–H groups in total. The largest absolute Gasteiger partial charge is 0.251 e. The first kappa shape index (κ1) is 16.1. The van der Waals surface area contributed by atoms with Gasteiger partial charge in [0.2, 0.25) is 0 Å². The minimum absolute atomic E-state index is 0.661. The Hall–Kier alpha value is -3.86. The van der Waals surface area contributed by atoms with E-state index in [-0.39, 0.29) is 0 Å². The van der Waals surface area contributed by atoms with Crippen molar-refractivity contribution >= 4 is 38.5 Å². The number of hydrogen-bond donors (Lipinski definition) is 0. The molecule has 6 aromatic rings. The van der Waals surface area contributed by atoms with Crippen LogP contribution in [0.25, 0.3) is 49.7 Å². The molecule has 5 heteroatoms. The van der Waals surface area contributed by atoms with Crippen molar-refractivity contribution in [2.45, 2.75) is 13.8 Å². The van der Waals surface area contributed by atoms with E-state index in [0.717, 1.165) is 49.7 Å². The molecule has 0 spiro atoms. The summed E-state index contributed by atoms with van der Waals surface area (Å²) >= 11 is 0. The molecule has 4 aromatic heterocycles. The fourth-order valence-corrected chi connectivity index (χ4v) is 4.14. The lowest BCUT2D eigenvalue weighted by Gasteiger charge is -2.11. The fourth-order valence-electron chi connectivity index (χ4n) is 4.14. The third kappa shape index (κ3) is 2.27. The molecule has 0 fully saturated rings. The zero-order valence-corrected chi connectivity index (χ0v) is 16.1. The Morgan fingerprint density at radius 2 is 1.62 bits per heavy atom. The quantitative estimate of drug-likeness (QED) is 0.290. The van der Waals surface area contributed by atoms with E-state index in [1.165, 1.54) is 5.56 Å². The number of aryl methyl sites for hydroxylation is 2. The Morgan fingerprint density at radius 1 is 0.793 bits per heavy atom. The second kappa shape index (κ2) is 5.82. The average Bonchev–Trinajstić information content (AvgIpc) is 3.20. The van der Waals surface area contributed by atoms with Gasteiger partial charge in [-0.15, -0.1) is 0 Å². The van der Waals surface area contributed by atoms with Gasteiger partial charge in [-0.1, -0.05) is 48.0 Å². The summed E-state index contributed by atoms with van der Waals surface area (Å²) in [5.74, 6) is 0. The number of aromatic nitrogens is 5. The minimum Gasteiger partial charge on any atom is -0.251 e. The molecule has 0 amide bonds. The highest BCUT2D eigenvalue weighted by Crippen LogP contribution is 2.34. The van der Waals surface area contributed by atoms with Gasteiger partial charge < -0.3 is 0 Å². The van der Waals surface area contributed by atoms with Crippen LogP contribution in [0, 0.1) is 13.8 Å². The molecule has 2 aromatic carbocycles. The van der Waals surface area contributed by atoms with Crippen molar-refractivity contribution in [3.63, 3.8) is 0 Å². The molecule has 0 unspecified atom stereocenters. The Balaban J connectivity index is 1.88. The molecule has 0 aliphatic carbocycles. The average molecular weight is 375 g/mol. The summed E-state index contributed by atoms with van der Waals surface area (Å²) in [6, 6.07) is 18.9. The number of pyridine rings is 2. The predicted octanol–water partition coefficient (Wildman–Crippen LogP) is 5.26. The Labute approximate surface area is 166 Å². The maximum Gasteiger partial charge on any atom is 0.179 e. The van der Waals surface area contributed by atoms with Gasteiger partial charge >= 0.3 is 0 Å². The third-order valence-electron chi connectivity index (χ3n) is 5.53. The highest BCUT2D eigenvalue weighted by molar-refractivity contribution is 6.13. The lowest BCUT2D eigenvalue weighted by atomic mass is 10.0. The second-order valence-electron chi connectivity index (χ2n) is 7.40. The number of fused-ring (bicyclic) bond motifs is 7. The molecule has 138 valence electrons. The van der Waals surface area contributed by atoms with Crippen LogP contribution in [0.3, 0.4) is 0 Å². The molecule has 29 heavy (non-hydrogen) atoms. The van der Waals surface area contributed by atoms with Crippen LogP contribution in [0.1, 0.15) is 11.1 Å². The molecule has 0 atom stereocenters. The molecule has 0 radical (unpaired) electrons. The third-order valence-corrected chi connectivity index (χ3v) is 5.53. The van der Waals surface area contributed by atoms with E-state index in [9.17, 15) is 0 Å². The van der Waals surface area contributed by atoms with Gasteiger partial charge in [-0.05, 0) is 26.0 Å². The maximum absolute atomic E-state index is 4.99. The number of nitrogens with zero attached hydrogens (tertiary/aromatic N) is 5. The lowest BCUT2D eigenvalue weighted by Crippen LogP contribution is -2.00. The first-order valence-corrected chi connectivity index (χ1v) is 9.59. The zero-order chi connectivity index (χ0) is 19.5. The van der Waals surface area contributed by atoms with E-state index in [4.69, 9.17) is 10.1 Å². The molecular weight excluding hydrogens is 358 g/mol. The van der Waals surface area contributed by atoms with Crippen LogP contribution in [0.15, 0.2) is 67.0 Å². The summed E-state index contributed by atoms with van der Waals surface area (Å²) in [7, 11) is 0.